The average molecular weight is 392 g/mol. The predicted molar refractivity (Wildman–Crippen MR) is 109 cm³/mol. The third-order valence-corrected chi connectivity index (χ3v) is 5.35. The minimum absolute atomic E-state index is 0.0432. The Morgan fingerprint density at radius 2 is 2.00 bits per heavy atom. The quantitative estimate of drug-likeness (QED) is 0.665. The van der Waals surface area contributed by atoms with Gasteiger partial charge in [0.05, 0.1) is 6.61 Å². The minimum Gasteiger partial charge on any atom is -0.490 e. The van der Waals surface area contributed by atoms with Crippen molar-refractivity contribution in [1.29, 1.82) is 0 Å². The van der Waals surface area contributed by atoms with Crippen LogP contribution in [0, 0.1) is 13.8 Å². The summed E-state index contributed by atoms with van der Waals surface area (Å²) in [7, 11) is 0. The van der Waals surface area contributed by atoms with Gasteiger partial charge in [0.15, 0.2) is 5.79 Å². The van der Waals surface area contributed by atoms with Gasteiger partial charge in [-0.05, 0) is 57.4 Å². The second-order valence-electron chi connectivity index (χ2n) is 7.39. The van der Waals surface area contributed by atoms with Crippen molar-refractivity contribution in [3.8, 4) is 16.3 Å². The SMILES string of the molecule is CCCCNc1nnc(-c2cc(C)c(OC[C@H]3COC(C)(C)O3)c(C)c2)s1. The molecule has 0 bridgehead atoms. The number of hydrogen-bond acceptors (Lipinski definition) is 7. The number of nitrogens with zero attached hydrogens (tertiary/aromatic N) is 2. The van der Waals surface area contributed by atoms with E-state index in [1.54, 1.807) is 11.3 Å². The molecule has 1 aliphatic rings. The number of anilines is 1. The number of aryl methyl sites for hydroxylation is 2. The summed E-state index contributed by atoms with van der Waals surface area (Å²) >= 11 is 1.58. The first-order chi connectivity index (χ1) is 12.9. The topological polar surface area (TPSA) is 65.5 Å². The zero-order chi connectivity index (χ0) is 19.4. The lowest BCUT2D eigenvalue weighted by atomic mass is 10.1. The second kappa shape index (κ2) is 8.54. The molecule has 0 aliphatic carbocycles. The molecule has 27 heavy (non-hydrogen) atoms. The molecule has 3 rings (SSSR count). The van der Waals surface area contributed by atoms with E-state index in [1.807, 2.05) is 13.8 Å². The zero-order valence-electron chi connectivity index (χ0n) is 16.8. The Morgan fingerprint density at radius 1 is 1.26 bits per heavy atom. The Balaban J connectivity index is 1.66. The molecular weight excluding hydrogens is 362 g/mol. The summed E-state index contributed by atoms with van der Waals surface area (Å²) in [5, 5.41) is 13.7. The number of unbranched alkanes of at least 4 members (excludes halogenated alkanes) is 1. The highest BCUT2D eigenvalue weighted by atomic mass is 32.1. The third kappa shape index (κ3) is 5.18. The van der Waals surface area contributed by atoms with Crippen molar-refractivity contribution in [2.45, 2.75) is 59.4 Å². The normalized spacial score (nSPS) is 18.6. The maximum absolute atomic E-state index is 6.06. The van der Waals surface area contributed by atoms with Crippen molar-refractivity contribution < 1.29 is 14.2 Å². The van der Waals surface area contributed by atoms with E-state index in [0.29, 0.717) is 13.2 Å². The van der Waals surface area contributed by atoms with Gasteiger partial charge >= 0.3 is 0 Å². The van der Waals surface area contributed by atoms with Crippen LogP contribution < -0.4 is 10.1 Å². The van der Waals surface area contributed by atoms with E-state index in [0.717, 1.165) is 52.0 Å². The van der Waals surface area contributed by atoms with Gasteiger partial charge < -0.3 is 19.5 Å². The van der Waals surface area contributed by atoms with E-state index in [2.05, 4.69) is 48.4 Å². The molecule has 6 nitrogen and oxygen atoms in total. The van der Waals surface area contributed by atoms with Crippen molar-refractivity contribution >= 4 is 16.5 Å². The monoisotopic (exact) mass is 391 g/mol. The van der Waals surface area contributed by atoms with E-state index < -0.39 is 5.79 Å². The van der Waals surface area contributed by atoms with Crippen molar-refractivity contribution in [2.75, 3.05) is 25.1 Å². The van der Waals surface area contributed by atoms with Gasteiger partial charge in [0, 0.05) is 12.1 Å². The van der Waals surface area contributed by atoms with Gasteiger partial charge in [-0.2, -0.15) is 0 Å². The van der Waals surface area contributed by atoms with Gasteiger partial charge in [-0.25, -0.2) is 0 Å². The molecule has 1 fully saturated rings. The summed E-state index contributed by atoms with van der Waals surface area (Å²) in [6, 6.07) is 4.21. The lowest BCUT2D eigenvalue weighted by Gasteiger charge is -2.18. The molecule has 0 unspecified atom stereocenters. The Hall–Kier alpha value is -1.70. The Labute approximate surface area is 165 Å². The Bertz CT molecular complexity index is 753. The molecular formula is C20H29N3O3S. The summed E-state index contributed by atoms with van der Waals surface area (Å²) in [6.45, 7) is 12.1. The highest BCUT2D eigenvalue weighted by Gasteiger charge is 2.33. The number of nitrogens with one attached hydrogen (secondary N) is 1. The van der Waals surface area contributed by atoms with Crippen LogP contribution in [0.1, 0.15) is 44.7 Å². The fourth-order valence-electron chi connectivity index (χ4n) is 3.11. The van der Waals surface area contributed by atoms with Crippen molar-refractivity contribution in [1.82, 2.24) is 10.2 Å². The number of aromatic nitrogens is 2. The lowest BCUT2D eigenvalue weighted by molar-refractivity contribution is -0.141. The summed E-state index contributed by atoms with van der Waals surface area (Å²) in [6.07, 6.45) is 2.25. The molecule has 1 aromatic carbocycles. The van der Waals surface area contributed by atoms with E-state index >= 15 is 0 Å². The minimum atomic E-state index is -0.525. The Morgan fingerprint density at radius 3 is 2.63 bits per heavy atom. The van der Waals surface area contributed by atoms with Crippen molar-refractivity contribution in [3.05, 3.63) is 23.3 Å². The smallest absolute Gasteiger partial charge is 0.206 e. The van der Waals surface area contributed by atoms with Gasteiger partial charge in [-0.3, -0.25) is 0 Å². The Kier molecular flexibility index (Phi) is 6.34. The van der Waals surface area contributed by atoms with Gasteiger partial charge in [-0.15, -0.1) is 10.2 Å². The first-order valence-electron chi connectivity index (χ1n) is 9.51. The van der Waals surface area contributed by atoms with E-state index in [4.69, 9.17) is 14.2 Å². The largest absolute Gasteiger partial charge is 0.490 e. The van der Waals surface area contributed by atoms with Crippen LogP contribution in [0.15, 0.2) is 12.1 Å². The number of hydrogen-bond donors (Lipinski definition) is 1. The van der Waals surface area contributed by atoms with Crippen LogP contribution in [0.25, 0.3) is 10.6 Å². The molecule has 1 saturated heterocycles. The molecule has 1 N–H and O–H groups in total. The van der Waals surface area contributed by atoms with Crippen LogP contribution in [0.4, 0.5) is 5.13 Å². The van der Waals surface area contributed by atoms with Gasteiger partial charge in [0.1, 0.15) is 23.5 Å². The lowest BCUT2D eigenvalue weighted by Crippen LogP contribution is -2.25. The first kappa shape index (κ1) is 20.0. The number of benzene rings is 1. The summed E-state index contributed by atoms with van der Waals surface area (Å²) in [4.78, 5) is 0. The third-order valence-electron chi connectivity index (χ3n) is 4.42. The van der Waals surface area contributed by atoms with Crippen LogP contribution in [0.5, 0.6) is 5.75 Å². The zero-order valence-corrected chi connectivity index (χ0v) is 17.6. The van der Waals surface area contributed by atoms with E-state index in [9.17, 15) is 0 Å². The fraction of sp³-hybridized carbons (Fsp3) is 0.600. The standard InChI is InChI=1S/C20H29N3O3S/c1-6-7-8-21-19-23-22-18(27-19)15-9-13(2)17(14(3)10-15)24-11-16-12-25-20(4,5)26-16/h9-10,16H,6-8,11-12H2,1-5H3,(H,21,23)/t16-/m0/s1. The van der Waals surface area contributed by atoms with Crippen molar-refractivity contribution in [3.63, 3.8) is 0 Å². The highest BCUT2D eigenvalue weighted by Crippen LogP contribution is 2.33. The van der Waals surface area contributed by atoms with Crippen LogP contribution >= 0.6 is 11.3 Å². The maximum atomic E-state index is 6.06. The molecule has 7 heteroatoms. The molecule has 1 atom stereocenters. The molecule has 1 aliphatic heterocycles. The molecule has 0 radical (unpaired) electrons. The second-order valence-corrected chi connectivity index (χ2v) is 8.37. The van der Waals surface area contributed by atoms with Gasteiger partial charge in [-0.1, -0.05) is 24.7 Å². The molecule has 148 valence electrons. The van der Waals surface area contributed by atoms with Crippen LogP contribution in [-0.2, 0) is 9.47 Å². The number of ether oxygens (including phenoxy) is 3. The van der Waals surface area contributed by atoms with Crippen LogP contribution in [0.3, 0.4) is 0 Å². The first-order valence-corrected chi connectivity index (χ1v) is 10.3. The fourth-order valence-corrected chi connectivity index (χ4v) is 3.86. The number of rotatable bonds is 8. The molecule has 0 saturated carbocycles. The molecule has 0 spiro atoms. The van der Waals surface area contributed by atoms with Crippen LogP contribution in [0.2, 0.25) is 0 Å². The summed E-state index contributed by atoms with van der Waals surface area (Å²) < 4.78 is 17.5. The average Bonchev–Trinajstić information content (AvgIpc) is 3.20. The van der Waals surface area contributed by atoms with E-state index in [1.165, 1.54) is 0 Å². The molecule has 2 heterocycles. The van der Waals surface area contributed by atoms with Gasteiger partial charge in [0.25, 0.3) is 0 Å². The highest BCUT2D eigenvalue weighted by molar-refractivity contribution is 7.18. The van der Waals surface area contributed by atoms with Crippen LogP contribution in [-0.4, -0.2) is 41.8 Å². The van der Waals surface area contributed by atoms with Gasteiger partial charge in [0.2, 0.25) is 5.13 Å². The molecule has 1 aromatic heterocycles. The summed E-state index contributed by atoms with van der Waals surface area (Å²) in [5.41, 5.74) is 3.23. The van der Waals surface area contributed by atoms with E-state index in [-0.39, 0.29) is 6.10 Å². The molecule has 2 aromatic rings. The van der Waals surface area contributed by atoms with Crippen molar-refractivity contribution in [2.24, 2.45) is 0 Å². The maximum Gasteiger partial charge on any atom is 0.206 e. The summed E-state index contributed by atoms with van der Waals surface area (Å²) in [5.74, 6) is 0.376. The predicted octanol–water partition coefficient (Wildman–Crippen LogP) is 4.56. The molecule has 0 amide bonds.